The van der Waals surface area contributed by atoms with Crippen molar-refractivity contribution in [1.29, 1.82) is 0 Å². The molecule has 0 aliphatic carbocycles. The lowest BCUT2D eigenvalue weighted by atomic mass is 10.1. The number of carbonyl (C=O) groups is 2. The first-order valence-electron chi connectivity index (χ1n) is 7.45. The summed E-state index contributed by atoms with van der Waals surface area (Å²) in [4.78, 5) is 27.5. The van der Waals surface area contributed by atoms with Gasteiger partial charge in [0.05, 0.1) is 5.56 Å². The van der Waals surface area contributed by atoms with Gasteiger partial charge in [0, 0.05) is 37.7 Å². The summed E-state index contributed by atoms with van der Waals surface area (Å²) in [5.74, 6) is -0.353. The van der Waals surface area contributed by atoms with Gasteiger partial charge < -0.3 is 9.80 Å². The number of hydrogen-bond acceptors (Lipinski definition) is 2. The molecule has 0 atom stereocenters. The molecule has 0 radical (unpaired) electrons. The minimum absolute atomic E-state index is 0.0478. The number of hydrogen-bond donors (Lipinski definition) is 0. The van der Waals surface area contributed by atoms with Crippen LogP contribution in [0.5, 0.6) is 0 Å². The van der Waals surface area contributed by atoms with Gasteiger partial charge in [-0.05, 0) is 24.3 Å². The van der Waals surface area contributed by atoms with Gasteiger partial charge in [-0.2, -0.15) is 13.2 Å². The number of alkyl halides is 3. The van der Waals surface area contributed by atoms with Crippen molar-refractivity contribution in [3.8, 4) is 0 Å². The van der Waals surface area contributed by atoms with E-state index < -0.39 is 11.7 Å². The summed E-state index contributed by atoms with van der Waals surface area (Å²) < 4.78 is 37.6. The van der Waals surface area contributed by atoms with Crippen molar-refractivity contribution >= 4 is 11.8 Å². The van der Waals surface area contributed by atoms with Gasteiger partial charge in [0.1, 0.15) is 0 Å². The lowest BCUT2D eigenvalue weighted by molar-refractivity contribution is -0.137. The van der Waals surface area contributed by atoms with Crippen molar-refractivity contribution in [2.24, 2.45) is 5.92 Å². The average Bonchev–Trinajstić information content (AvgIpc) is 2.53. The fraction of sp³-hybridized carbons (Fsp3) is 0.500. The number of piperazine rings is 1. The third kappa shape index (κ3) is 4.03. The molecule has 0 aromatic heterocycles. The molecule has 7 heteroatoms. The lowest BCUT2D eigenvalue weighted by Gasteiger charge is -2.35. The molecule has 0 N–H and O–H groups in total. The third-order valence-electron chi connectivity index (χ3n) is 3.83. The number of rotatable bonds is 2. The van der Waals surface area contributed by atoms with E-state index in [1.165, 1.54) is 12.1 Å². The van der Waals surface area contributed by atoms with Gasteiger partial charge in [0.2, 0.25) is 5.91 Å². The SMILES string of the molecule is CC(C)C(=O)N1CCN(C(=O)c2ccc(C(F)(F)F)cc2)CC1. The molecule has 1 fully saturated rings. The highest BCUT2D eigenvalue weighted by atomic mass is 19.4. The summed E-state index contributed by atoms with van der Waals surface area (Å²) in [7, 11) is 0. The molecule has 2 amide bonds. The normalized spacial score (nSPS) is 15.9. The first-order valence-corrected chi connectivity index (χ1v) is 7.45. The standard InChI is InChI=1S/C16H19F3N2O2/c1-11(2)14(22)20-7-9-21(10-8-20)15(23)12-3-5-13(6-4-12)16(17,18)19/h3-6,11H,7-10H2,1-2H3. The van der Waals surface area contributed by atoms with Crippen molar-refractivity contribution in [2.75, 3.05) is 26.2 Å². The van der Waals surface area contributed by atoms with Crippen LogP contribution in [0, 0.1) is 5.92 Å². The van der Waals surface area contributed by atoms with E-state index in [1.54, 1.807) is 9.80 Å². The van der Waals surface area contributed by atoms with E-state index in [9.17, 15) is 22.8 Å². The van der Waals surface area contributed by atoms with Crippen LogP contribution in [0.25, 0.3) is 0 Å². The topological polar surface area (TPSA) is 40.6 Å². The molecule has 0 bridgehead atoms. The van der Waals surface area contributed by atoms with Crippen LogP contribution in [0.15, 0.2) is 24.3 Å². The molecule has 1 aliphatic rings. The van der Waals surface area contributed by atoms with Gasteiger partial charge in [0.25, 0.3) is 5.91 Å². The zero-order valence-electron chi connectivity index (χ0n) is 13.1. The highest BCUT2D eigenvalue weighted by Crippen LogP contribution is 2.29. The Morgan fingerprint density at radius 3 is 1.87 bits per heavy atom. The van der Waals surface area contributed by atoms with Crippen LogP contribution in [-0.2, 0) is 11.0 Å². The molecule has 1 aromatic carbocycles. The van der Waals surface area contributed by atoms with Crippen molar-refractivity contribution in [3.05, 3.63) is 35.4 Å². The van der Waals surface area contributed by atoms with E-state index in [0.29, 0.717) is 26.2 Å². The molecule has 23 heavy (non-hydrogen) atoms. The number of amides is 2. The Hall–Kier alpha value is -2.05. The minimum atomic E-state index is -4.41. The second kappa shape index (κ2) is 6.60. The highest BCUT2D eigenvalue weighted by molar-refractivity contribution is 5.94. The van der Waals surface area contributed by atoms with Crippen LogP contribution in [0.3, 0.4) is 0 Å². The van der Waals surface area contributed by atoms with Crippen molar-refractivity contribution < 1.29 is 22.8 Å². The van der Waals surface area contributed by atoms with Crippen LogP contribution in [0.4, 0.5) is 13.2 Å². The van der Waals surface area contributed by atoms with E-state index >= 15 is 0 Å². The Labute approximate surface area is 132 Å². The van der Waals surface area contributed by atoms with E-state index in [-0.39, 0.29) is 23.3 Å². The molecule has 126 valence electrons. The molecule has 1 saturated heterocycles. The quantitative estimate of drug-likeness (QED) is 0.837. The smallest absolute Gasteiger partial charge is 0.339 e. The molecule has 0 spiro atoms. The number of halogens is 3. The van der Waals surface area contributed by atoms with Crippen molar-refractivity contribution in [1.82, 2.24) is 9.80 Å². The highest BCUT2D eigenvalue weighted by Gasteiger charge is 2.31. The molecule has 1 aliphatic heterocycles. The molecule has 4 nitrogen and oxygen atoms in total. The van der Waals surface area contributed by atoms with Gasteiger partial charge in [-0.1, -0.05) is 13.8 Å². The van der Waals surface area contributed by atoms with E-state index in [0.717, 1.165) is 12.1 Å². The number of nitrogens with zero attached hydrogens (tertiary/aromatic N) is 2. The molecule has 0 saturated carbocycles. The second-order valence-corrected chi connectivity index (χ2v) is 5.85. The van der Waals surface area contributed by atoms with Crippen LogP contribution < -0.4 is 0 Å². The first-order chi connectivity index (χ1) is 10.7. The van der Waals surface area contributed by atoms with Gasteiger partial charge in [-0.3, -0.25) is 9.59 Å². The van der Waals surface area contributed by atoms with E-state index in [2.05, 4.69) is 0 Å². The maximum Gasteiger partial charge on any atom is 0.416 e. The van der Waals surface area contributed by atoms with Gasteiger partial charge in [0.15, 0.2) is 0 Å². The summed E-state index contributed by atoms with van der Waals surface area (Å²) >= 11 is 0. The Kier molecular flexibility index (Phi) is 4.97. The monoisotopic (exact) mass is 328 g/mol. The van der Waals surface area contributed by atoms with Crippen LogP contribution in [-0.4, -0.2) is 47.8 Å². The summed E-state index contributed by atoms with van der Waals surface area (Å²) in [6, 6.07) is 4.20. The average molecular weight is 328 g/mol. The maximum atomic E-state index is 12.5. The summed E-state index contributed by atoms with van der Waals surface area (Å²) in [5.41, 5.74) is -0.553. The van der Waals surface area contributed by atoms with Crippen molar-refractivity contribution in [2.45, 2.75) is 20.0 Å². The predicted molar refractivity (Wildman–Crippen MR) is 78.8 cm³/mol. The Morgan fingerprint density at radius 2 is 1.43 bits per heavy atom. The zero-order valence-corrected chi connectivity index (χ0v) is 13.1. The van der Waals surface area contributed by atoms with Gasteiger partial charge >= 0.3 is 6.18 Å². The van der Waals surface area contributed by atoms with Crippen LogP contribution in [0.2, 0.25) is 0 Å². The zero-order chi connectivity index (χ0) is 17.2. The Balaban J connectivity index is 1.99. The first kappa shape index (κ1) is 17.3. The fourth-order valence-corrected chi connectivity index (χ4v) is 2.48. The third-order valence-corrected chi connectivity index (χ3v) is 3.83. The van der Waals surface area contributed by atoms with Crippen molar-refractivity contribution in [3.63, 3.8) is 0 Å². The molecule has 0 unspecified atom stereocenters. The minimum Gasteiger partial charge on any atom is -0.339 e. The molecule has 1 aromatic rings. The van der Waals surface area contributed by atoms with E-state index in [1.807, 2.05) is 13.8 Å². The summed E-state index contributed by atoms with van der Waals surface area (Å²) in [6.07, 6.45) is -4.41. The second-order valence-electron chi connectivity index (χ2n) is 5.85. The molecular weight excluding hydrogens is 309 g/mol. The van der Waals surface area contributed by atoms with Crippen LogP contribution >= 0.6 is 0 Å². The predicted octanol–water partition coefficient (Wildman–Crippen LogP) is 2.65. The summed E-state index contributed by atoms with van der Waals surface area (Å²) in [5, 5.41) is 0. The summed E-state index contributed by atoms with van der Waals surface area (Å²) in [6.45, 7) is 5.31. The van der Waals surface area contributed by atoms with Gasteiger partial charge in [-0.15, -0.1) is 0 Å². The fourth-order valence-electron chi connectivity index (χ4n) is 2.48. The van der Waals surface area contributed by atoms with E-state index in [4.69, 9.17) is 0 Å². The molecule has 2 rings (SSSR count). The lowest BCUT2D eigenvalue weighted by Crippen LogP contribution is -2.51. The Morgan fingerprint density at radius 1 is 0.957 bits per heavy atom. The number of carbonyl (C=O) groups excluding carboxylic acids is 2. The number of benzene rings is 1. The largest absolute Gasteiger partial charge is 0.416 e. The molecule has 1 heterocycles. The van der Waals surface area contributed by atoms with Crippen LogP contribution in [0.1, 0.15) is 29.8 Å². The molecular formula is C16H19F3N2O2. The van der Waals surface area contributed by atoms with Gasteiger partial charge in [-0.25, -0.2) is 0 Å². The Bertz CT molecular complexity index is 574. The maximum absolute atomic E-state index is 12.5.